The van der Waals surface area contributed by atoms with Gasteiger partial charge in [-0.05, 0) is 32.8 Å². The van der Waals surface area contributed by atoms with Crippen molar-refractivity contribution in [1.82, 2.24) is 15.1 Å². The molecule has 1 aliphatic carbocycles. The molecule has 0 radical (unpaired) electrons. The highest BCUT2D eigenvalue weighted by Crippen LogP contribution is 2.18. The molecule has 0 unspecified atom stereocenters. The third kappa shape index (κ3) is 3.69. The van der Waals surface area contributed by atoms with E-state index in [0.29, 0.717) is 0 Å². The number of rotatable bonds is 5. The molecule has 1 fully saturated rings. The first-order valence-electron chi connectivity index (χ1n) is 6.61. The minimum absolute atomic E-state index is 0.231. The Balaban J connectivity index is 1.83. The predicted molar refractivity (Wildman–Crippen MR) is 73.8 cm³/mol. The van der Waals surface area contributed by atoms with Crippen LogP contribution in [0, 0.1) is 13.8 Å². The fourth-order valence-corrected chi connectivity index (χ4v) is 1.86. The normalized spacial score (nSPS) is 14.6. The number of esters is 1. The molecule has 0 aromatic carbocycles. The molecule has 1 N–H and O–H groups in total. The van der Waals surface area contributed by atoms with Crippen LogP contribution < -0.4 is 5.32 Å². The van der Waals surface area contributed by atoms with Crippen molar-refractivity contribution in [2.45, 2.75) is 32.7 Å². The van der Waals surface area contributed by atoms with Crippen LogP contribution in [0.25, 0.3) is 6.08 Å². The summed E-state index contributed by atoms with van der Waals surface area (Å²) >= 11 is 0. The molecule has 6 nitrogen and oxygen atoms in total. The molecule has 1 saturated carbocycles. The van der Waals surface area contributed by atoms with Gasteiger partial charge < -0.3 is 10.1 Å². The SMILES string of the molecule is Cc1nn(C)c(C)c1/C=C/C(=O)OCC(=O)NC1CC1. The Bertz CT molecular complexity index is 556. The lowest BCUT2D eigenvalue weighted by Gasteiger charge is -2.03. The third-order valence-corrected chi connectivity index (χ3v) is 3.24. The number of aromatic nitrogens is 2. The molecule has 1 aliphatic rings. The molecule has 1 aromatic heterocycles. The Morgan fingerprint density at radius 1 is 1.45 bits per heavy atom. The first-order valence-corrected chi connectivity index (χ1v) is 6.61. The van der Waals surface area contributed by atoms with Crippen LogP contribution in [0.1, 0.15) is 29.8 Å². The number of amides is 1. The van der Waals surface area contributed by atoms with Crippen molar-refractivity contribution in [2.75, 3.05) is 6.61 Å². The molecule has 1 amide bonds. The van der Waals surface area contributed by atoms with E-state index in [1.54, 1.807) is 10.8 Å². The Morgan fingerprint density at radius 3 is 2.70 bits per heavy atom. The number of hydrogen-bond donors (Lipinski definition) is 1. The average Bonchev–Trinajstić information content (AvgIpc) is 3.15. The van der Waals surface area contributed by atoms with Crippen LogP contribution in [-0.2, 0) is 21.4 Å². The van der Waals surface area contributed by atoms with Gasteiger partial charge in [-0.3, -0.25) is 9.48 Å². The molecule has 0 spiro atoms. The molecule has 108 valence electrons. The van der Waals surface area contributed by atoms with E-state index in [9.17, 15) is 9.59 Å². The maximum atomic E-state index is 11.5. The van der Waals surface area contributed by atoms with E-state index in [0.717, 1.165) is 29.8 Å². The summed E-state index contributed by atoms with van der Waals surface area (Å²) in [6, 6.07) is 0.275. The van der Waals surface area contributed by atoms with E-state index >= 15 is 0 Å². The summed E-state index contributed by atoms with van der Waals surface area (Å²) in [7, 11) is 1.85. The second kappa shape index (κ2) is 5.90. The summed E-state index contributed by atoms with van der Waals surface area (Å²) in [5, 5.41) is 7.00. The standard InChI is InChI=1S/C14H19N3O3/c1-9-12(10(2)17(3)16-9)6-7-14(19)20-8-13(18)15-11-4-5-11/h6-7,11H,4-5,8H2,1-3H3,(H,15,18)/b7-6+. The van der Waals surface area contributed by atoms with Gasteiger partial charge in [0.15, 0.2) is 6.61 Å². The average molecular weight is 277 g/mol. The maximum absolute atomic E-state index is 11.5. The summed E-state index contributed by atoms with van der Waals surface area (Å²) in [6.07, 6.45) is 5.01. The van der Waals surface area contributed by atoms with E-state index in [4.69, 9.17) is 4.74 Å². The Hall–Kier alpha value is -2.11. The third-order valence-electron chi connectivity index (χ3n) is 3.24. The van der Waals surface area contributed by atoms with E-state index in [-0.39, 0.29) is 18.6 Å². The minimum Gasteiger partial charge on any atom is -0.452 e. The zero-order valence-electron chi connectivity index (χ0n) is 12.0. The molecule has 0 aliphatic heterocycles. The molecule has 1 aromatic rings. The molecule has 0 atom stereocenters. The quantitative estimate of drug-likeness (QED) is 0.640. The Morgan fingerprint density at radius 2 is 2.15 bits per heavy atom. The highest BCUT2D eigenvalue weighted by atomic mass is 16.5. The maximum Gasteiger partial charge on any atom is 0.331 e. The largest absolute Gasteiger partial charge is 0.452 e. The van der Waals surface area contributed by atoms with Gasteiger partial charge in [-0.15, -0.1) is 0 Å². The summed E-state index contributed by atoms with van der Waals surface area (Å²) < 4.78 is 6.63. The molecule has 2 rings (SSSR count). The molecular weight excluding hydrogens is 258 g/mol. The van der Waals surface area contributed by atoms with Crippen molar-refractivity contribution in [3.05, 3.63) is 23.0 Å². The zero-order valence-corrected chi connectivity index (χ0v) is 12.0. The van der Waals surface area contributed by atoms with Crippen LogP contribution in [-0.4, -0.2) is 34.3 Å². The fourth-order valence-electron chi connectivity index (χ4n) is 1.86. The van der Waals surface area contributed by atoms with Gasteiger partial charge in [0.2, 0.25) is 0 Å². The summed E-state index contributed by atoms with van der Waals surface area (Å²) in [5.74, 6) is -0.776. The number of hydrogen-bond acceptors (Lipinski definition) is 4. The summed E-state index contributed by atoms with van der Waals surface area (Å²) in [5.41, 5.74) is 2.71. The fraction of sp³-hybridized carbons (Fsp3) is 0.500. The van der Waals surface area contributed by atoms with Crippen molar-refractivity contribution in [3.8, 4) is 0 Å². The van der Waals surface area contributed by atoms with Crippen LogP contribution in [0.4, 0.5) is 0 Å². The highest BCUT2D eigenvalue weighted by Gasteiger charge is 2.23. The van der Waals surface area contributed by atoms with E-state index in [1.807, 2.05) is 20.9 Å². The lowest BCUT2D eigenvalue weighted by molar-refractivity contribution is -0.143. The van der Waals surface area contributed by atoms with Crippen LogP contribution in [0.3, 0.4) is 0 Å². The van der Waals surface area contributed by atoms with Crippen molar-refractivity contribution < 1.29 is 14.3 Å². The lowest BCUT2D eigenvalue weighted by atomic mass is 10.2. The van der Waals surface area contributed by atoms with E-state index in [2.05, 4.69) is 10.4 Å². The van der Waals surface area contributed by atoms with Gasteiger partial charge in [0.1, 0.15) is 0 Å². The first kappa shape index (κ1) is 14.3. The van der Waals surface area contributed by atoms with Gasteiger partial charge in [-0.1, -0.05) is 0 Å². The number of nitrogens with zero attached hydrogens (tertiary/aromatic N) is 2. The lowest BCUT2D eigenvalue weighted by Crippen LogP contribution is -2.30. The smallest absolute Gasteiger partial charge is 0.331 e. The van der Waals surface area contributed by atoms with Crippen molar-refractivity contribution in [1.29, 1.82) is 0 Å². The molecule has 0 saturated heterocycles. The van der Waals surface area contributed by atoms with Crippen molar-refractivity contribution >= 4 is 18.0 Å². The van der Waals surface area contributed by atoms with Crippen molar-refractivity contribution in [2.24, 2.45) is 7.05 Å². The minimum atomic E-state index is -0.529. The number of carbonyl (C=O) groups is 2. The second-order valence-electron chi connectivity index (χ2n) is 4.99. The van der Waals surface area contributed by atoms with Gasteiger partial charge in [-0.25, -0.2) is 4.79 Å². The monoisotopic (exact) mass is 277 g/mol. The number of aryl methyl sites for hydroxylation is 2. The van der Waals surface area contributed by atoms with Crippen LogP contribution in [0.15, 0.2) is 6.08 Å². The van der Waals surface area contributed by atoms with Crippen LogP contribution in [0.5, 0.6) is 0 Å². The Kier molecular flexibility index (Phi) is 4.22. The van der Waals surface area contributed by atoms with Crippen LogP contribution in [0.2, 0.25) is 0 Å². The topological polar surface area (TPSA) is 73.2 Å². The molecule has 20 heavy (non-hydrogen) atoms. The van der Waals surface area contributed by atoms with Gasteiger partial charge in [-0.2, -0.15) is 5.10 Å². The van der Waals surface area contributed by atoms with Gasteiger partial charge in [0, 0.05) is 30.4 Å². The molecular formula is C14H19N3O3. The van der Waals surface area contributed by atoms with Gasteiger partial charge in [0.25, 0.3) is 5.91 Å². The first-order chi connectivity index (χ1) is 9.47. The molecule has 6 heteroatoms. The predicted octanol–water partition coefficient (Wildman–Crippen LogP) is 0.872. The summed E-state index contributed by atoms with van der Waals surface area (Å²) in [6.45, 7) is 3.57. The van der Waals surface area contributed by atoms with E-state index < -0.39 is 5.97 Å². The van der Waals surface area contributed by atoms with Gasteiger partial charge >= 0.3 is 5.97 Å². The zero-order chi connectivity index (χ0) is 14.7. The molecule has 1 heterocycles. The Labute approximate surface area is 117 Å². The second-order valence-corrected chi connectivity index (χ2v) is 4.99. The van der Waals surface area contributed by atoms with Crippen molar-refractivity contribution in [3.63, 3.8) is 0 Å². The van der Waals surface area contributed by atoms with Gasteiger partial charge in [0.05, 0.1) is 5.69 Å². The molecule has 0 bridgehead atoms. The highest BCUT2D eigenvalue weighted by molar-refractivity contribution is 5.89. The number of carbonyl (C=O) groups excluding carboxylic acids is 2. The number of ether oxygens (including phenoxy) is 1. The number of nitrogens with one attached hydrogen (secondary N) is 1. The van der Waals surface area contributed by atoms with Crippen LogP contribution >= 0.6 is 0 Å². The van der Waals surface area contributed by atoms with E-state index in [1.165, 1.54) is 6.08 Å². The summed E-state index contributed by atoms with van der Waals surface area (Å²) in [4.78, 5) is 22.9.